The molecule has 1 heterocycles. The monoisotopic (exact) mass is 243 g/mol. The maximum Gasteiger partial charge on any atom is 0.0340 e. The van der Waals surface area contributed by atoms with Gasteiger partial charge in [-0.3, -0.25) is 4.98 Å². The molecule has 0 radical (unpaired) electrons. The summed E-state index contributed by atoms with van der Waals surface area (Å²) in [6.45, 7) is 0. The van der Waals surface area contributed by atoms with Crippen molar-refractivity contribution in [3.63, 3.8) is 0 Å². The van der Waals surface area contributed by atoms with E-state index in [0.29, 0.717) is 0 Å². The van der Waals surface area contributed by atoms with Crippen LogP contribution in [0.5, 0.6) is 0 Å². The van der Waals surface area contributed by atoms with Crippen LogP contribution in [0.25, 0.3) is 11.6 Å². The third-order valence-corrected chi connectivity index (χ3v) is 3.05. The number of allylic oxidation sites excluding steroid dienone is 1. The predicted octanol–water partition coefficient (Wildman–Crippen LogP) is 3.99. The Balaban J connectivity index is 0.00000108. The molecule has 2 aromatic rings. The van der Waals surface area contributed by atoms with Crippen LogP contribution in [-0.4, -0.2) is 4.98 Å². The number of nitrogens with zero attached hydrogens (tertiary/aromatic N) is 1. The van der Waals surface area contributed by atoms with E-state index in [1.54, 1.807) is 0 Å². The number of aromatic nitrogens is 1. The van der Waals surface area contributed by atoms with Crippen LogP contribution in [0.3, 0.4) is 0 Å². The van der Waals surface area contributed by atoms with Crippen molar-refractivity contribution >= 4 is 24.1 Å². The highest BCUT2D eigenvalue weighted by atomic mass is 35.5. The molecule has 0 atom stereocenters. The van der Waals surface area contributed by atoms with Crippen LogP contribution in [0.15, 0.2) is 48.8 Å². The molecule has 0 N–H and O–H groups in total. The number of halogens is 1. The Hall–Kier alpha value is -1.60. The molecule has 17 heavy (non-hydrogen) atoms. The zero-order valence-electron chi connectivity index (χ0n) is 9.47. The molecule has 0 saturated heterocycles. The van der Waals surface area contributed by atoms with Gasteiger partial charge >= 0.3 is 0 Å². The Morgan fingerprint density at radius 2 is 1.88 bits per heavy atom. The number of rotatable bonds is 1. The summed E-state index contributed by atoms with van der Waals surface area (Å²) >= 11 is 0. The topological polar surface area (TPSA) is 12.9 Å². The van der Waals surface area contributed by atoms with Crippen molar-refractivity contribution in [1.82, 2.24) is 4.98 Å². The van der Waals surface area contributed by atoms with Gasteiger partial charge in [-0.25, -0.2) is 0 Å². The fourth-order valence-electron chi connectivity index (χ4n) is 2.27. The van der Waals surface area contributed by atoms with E-state index in [0.717, 1.165) is 6.42 Å². The lowest BCUT2D eigenvalue weighted by Crippen LogP contribution is -1.80. The molecule has 0 fully saturated rings. The zero-order chi connectivity index (χ0) is 10.8. The van der Waals surface area contributed by atoms with Crippen molar-refractivity contribution in [1.29, 1.82) is 0 Å². The molecule has 2 heteroatoms. The molecule has 1 aromatic heterocycles. The second-order valence-corrected chi connectivity index (χ2v) is 4.11. The van der Waals surface area contributed by atoms with E-state index >= 15 is 0 Å². The Bertz CT molecular complexity index is 532. The van der Waals surface area contributed by atoms with Crippen molar-refractivity contribution in [2.24, 2.45) is 0 Å². The van der Waals surface area contributed by atoms with Gasteiger partial charge in [0.1, 0.15) is 0 Å². The number of benzene rings is 1. The molecule has 0 spiro atoms. The Kier molecular flexibility index (Phi) is 3.60. The van der Waals surface area contributed by atoms with Crippen molar-refractivity contribution in [3.8, 4) is 0 Å². The molecule has 1 aliphatic carbocycles. The molecule has 1 nitrogen and oxygen atoms in total. The summed E-state index contributed by atoms with van der Waals surface area (Å²) in [6.07, 6.45) is 8.29. The zero-order valence-corrected chi connectivity index (χ0v) is 10.3. The number of fused-ring (bicyclic) bond motifs is 1. The average molecular weight is 244 g/mol. The highest BCUT2D eigenvalue weighted by molar-refractivity contribution is 5.85. The molecule has 0 saturated carbocycles. The van der Waals surface area contributed by atoms with Crippen LogP contribution in [0, 0.1) is 0 Å². The summed E-state index contributed by atoms with van der Waals surface area (Å²) in [4.78, 5) is 4.14. The van der Waals surface area contributed by atoms with Crippen LogP contribution in [0.2, 0.25) is 0 Å². The largest absolute Gasteiger partial charge is 0.264 e. The van der Waals surface area contributed by atoms with Gasteiger partial charge in [0.25, 0.3) is 0 Å². The van der Waals surface area contributed by atoms with Crippen molar-refractivity contribution < 1.29 is 0 Å². The van der Waals surface area contributed by atoms with Crippen molar-refractivity contribution in [3.05, 3.63) is 65.5 Å². The van der Waals surface area contributed by atoms with E-state index in [2.05, 4.69) is 41.4 Å². The quantitative estimate of drug-likeness (QED) is 0.738. The molecular weight excluding hydrogens is 230 g/mol. The van der Waals surface area contributed by atoms with Gasteiger partial charge in [0.2, 0.25) is 0 Å². The maximum atomic E-state index is 4.14. The van der Waals surface area contributed by atoms with E-state index in [4.69, 9.17) is 0 Å². The molecule has 1 aromatic carbocycles. The van der Waals surface area contributed by atoms with Gasteiger partial charge in [-0.15, -0.1) is 12.4 Å². The molecule has 0 bridgehead atoms. The number of hydrogen-bond donors (Lipinski definition) is 0. The summed E-state index contributed by atoms with van der Waals surface area (Å²) in [5.41, 5.74) is 5.50. The Morgan fingerprint density at radius 3 is 2.71 bits per heavy atom. The molecular formula is C15H14ClN. The number of pyridine rings is 1. The third kappa shape index (κ3) is 2.40. The second-order valence-electron chi connectivity index (χ2n) is 4.11. The van der Waals surface area contributed by atoms with Gasteiger partial charge in [-0.2, -0.15) is 0 Å². The first-order chi connectivity index (χ1) is 7.93. The summed E-state index contributed by atoms with van der Waals surface area (Å²) in [7, 11) is 0. The van der Waals surface area contributed by atoms with Crippen LogP contribution < -0.4 is 0 Å². The normalized spacial score (nSPS) is 15.4. The van der Waals surface area contributed by atoms with Gasteiger partial charge in [0.15, 0.2) is 0 Å². The molecule has 3 rings (SSSR count). The van der Waals surface area contributed by atoms with Crippen LogP contribution in [0.1, 0.15) is 23.1 Å². The van der Waals surface area contributed by atoms with E-state index in [9.17, 15) is 0 Å². The van der Waals surface area contributed by atoms with Gasteiger partial charge in [0, 0.05) is 12.4 Å². The van der Waals surface area contributed by atoms with Crippen molar-refractivity contribution in [2.45, 2.75) is 12.8 Å². The Labute approximate surface area is 108 Å². The van der Waals surface area contributed by atoms with Crippen molar-refractivity contribution in [2.75, 3.05) is 0 Å². The predicted molar refractivity (Wildman–Crippen MR) is 74.1 cm³/mol. The van der Waals surface area contributed by atoms with Gasteiger partial charge in [0.05, 0.1) is 0 Å². The highest BCUT2D eigenvalue weighted by Crippen LogP contribution is 2.33. The van der Waals surface area contributed by atoms with Crippen LogP contribution >= 0.6 is 12.4 Å². The van der Waals surface area contributed by atoms with Crippen LogP contribution in [0.4, 0.5) is 0 Å². The van der Waals surface area contributed by atoms with Gasteiger partial charge < -0.3 is 0 Å². The molecule has 0 aliphatic heterocycles. The first-order valence-electron chi connectivity index (χ1n) is 5.62. The Morgan fingerprint density at radius 1 is 1.00 bits per heavy atom. The maximum absolute atomic E-state index is 4.14. The first kappa shape index (κ1) is 11.9. The van der Waals surface area contributed by atoms with E-state index in [1.165, 1.54) is 28.7 Å². The minimum atomic E-state index is 0. The molecule has 0 unspecified atom stereocenters. The van der Waals surface area contributed by atoms with Crippen LogP contribution in [-0.2, 0) is 6.42 Å². The van der Waals surface area contributed by atoms with Gasteiger partial charge in [-0.1, -0.05) is 30.3 Å². The minimum Gasteiger partial charge on any atom is -0.264 e. The number of hydrogen-bond acceptors (Lipinski definition) is 1. The molecule has 0 amide bonds. The van der Waals surface area contributed by atoms with E-state index < -0.39 is 0 Å². The summed E-state index contributed by atoms with van der Waals surface area (Å²) < 4.78 is 0. The average Bonchev–Trinajstić information content (AvgIpc) is 2.74. The molecule has 86 valence electrons. The summed E-state index contributed by atoms with van der Waals surface area (Å²) in [5, 5.41) is 0. The summed E-state index contributed by atoms with van der Waals surface area (Å²) in [6, 6.07) is 12.7. The van der Waals surface area contributed by atoms with E-state index in [1.807, 2.05) is 18.5 Å². The fraction of sp³-hybridized carbons (Fsp3) is 0.133. The molecule has 1 aliphatic rings. The SMILES string of the molecule is C(=C1CCc2ccccc21)c1cccnc1.Cl. The lowest BCUT2D eigenvalue weighted by molar-refractivity contribution is 1.08. The lowest BCUT2D eigenvalue weighted by Gasteiger charge is -2.00. The third-order valence-electron chi connectivity index (χ3n) is 3.05. The fourth-order valence-corrected chi connectivity index (χ4v) is 2.27. The summed E-state index contributed by atoms with van der Waals surface area (Å²) in [5.74, 6) is 0. The highest BCUT2D eigenvalue weighted by Gasteiger charge is 2.14. The standard InChI is InChI=1S/C15H13N.ClH/c1-2-6-15-13(5-1)7-8-14(15)10-12-4-3-9-16-11-12;/h1-6,9-11H,7-8H2;1H. The first-order valence-corrected chi connectivity index (χ1v) is 5.62. The van der Waals surface area contributed by atoms with E-state index in [-0.39, 0.29) is 12.4 Å². The minimum absolute atomic E-state index is 0. The smallest absolute Gasteiger partial charge is 0.0340 e. The number of aryl methyl sites for hydroxylation is 1. The second kappa shape index (κ2) is 5.15. The lowest BCUT2D eigenvalue weighted by atomic mass is 10.1. The van der Waals surface area contributed by atoms with Gasteiger partial charge in [-0.05, 0) is 47.2 Å².